The zero-order valence-corrected chi connectivity index (χ0v) is 9.93. The van der Waals surface area contributed by atoms with Gasteiger partial charge in [0.1, 0.15) is 0 Å². The van der Waals surface area contributed by atoms with Crippen molar-refractivity contribution in [2.75, 3.05) is 13.1 Å². The molecule has 1 heteroatoms. The highest BCUT2D eigenvalue weighted by atomic mass is 15.2. The summed E-state index contributed by atoms with van der Waals surface area (Å²) in [5.41, 5.74) is 0.444. The maximum absolute atomic E-state index is 2.64. The monoisotopic (exact) mass is 183 g/mol. The van der Waals surface area contributed by atoms with E-state index in [0.717, 1.165) is 12.0 Å². The van der Waals surface area contributed by atoms with Gasteiger partial charge in [0.15, 0.2) is 0 Å². The lowest BCUT2D eigenvalue weighted by Crippen LogP contribution is -2.40. The van der Waals surface area contributed by atoms with Crippen molar-refractivity contribution in [2.24, 2.45) is 11.3 Å². The van der Waals surface area contributed by atoms with E-state index in [1.807, 2.05) is 0 Å². The van der Waals surface area contributed by atoms with E-state index in [0.29, 0.717) is 5.41 Å². The van der Waals surface area contributed by atoms with Crippen molar-refractivity contribution in [1.82, 2.24) is 4.90 Å². The van der Waals surface area contributed by atoms with Crippen LogP contribution >= 0.6 is 0 Å². The SMILES string of the molecule is CCN(CC(C)(C)C)[C@H](C)C1CC1. The van der Waals surface area contributed by atoms with Crippen LogP contribution in [0, 0.1) is 11.3 Å². The van der Waals surface area contributed by atoms with Crippen LogP contribution in [0.3, 0.4) is 0 Å². The van der Waals surface area contributed by atoms with Gasteiger partial charge >= 0.3 is 0 Å². The predicted octanol–water partition coefficient (Wildman–Crippen LogP) is 3.15. The molecule has 0 N–H and O–H groups in total. The largest absolute Gasteiger partial charge is 0.300 e. The summed E-state index contributed by atoms with van der Waals surface area (Å²) >= 11 is 0. The molecule has 1 rings (SSSR count). The second-order valence-electron chi connectivity index (χ2n) is 5.70. The predicted molar refractivity (Wildman–Crippen MR) is 58.9 cm³/mol. The Hall–Kier alpha value is -0.0400. The molecule has 0 aliphatic heterocycles. The summed E-state index contributed by atoms with van der Waals surface area (Å²) in [6, 6.07) is 0.809. The van der Waals surface area contributed by atoms with Crippen LogP contribution in [0.2, 0.25) is 0 Å². The van der Waals surface area contributed by atoms with Gasteiger partial charge in [0.2, 0.25) is 0 Å². The highest BCUT2D eigenvalue weighted by Gasteiger charge is 2.32. The van der Waals surface area contributed by atoms with Gasteiger partial charge in [-0.3, -0.25) is 0 Å². The first-order valence-corrected chi connectivity index (χ1v) is 5.68. The van der Waals surface area contributed by atoms with E-state index in [-0.39, 0.29) is 0 Å². The summed E-state index contributed by atoms with van der Waals surface area (Å²) < 4.78 is 0. The van der Waals surface area contributed by atoms with Crippen LogP contribution in [-0.4, -0.2) is 24.0 Å². The van der Waals surface area contributed by atoms with Crippen LogP contribution in [-0.2, 0) is 0 Å². The Labute approximate surface area is 83.5 Å². The molecular weight excluding hydrogens is 158 g/mol. The van der Waals surface area contributed by atoms with Gasteiger partial charge in [0, 0.05) is 12.6 Å². The van der Waals surface area contributed by atoms with Crippen LogP contribution in [0.15, 0.2) is 0 Å². The molecule has 13 heavy (non-hydrogen) atoms. The van der Waals surface area contributed by atoms with E-state index in [1.54, 1.807) is 0 Å². The number of nitrogens with zero attached hydrogens (tertiary/aromatic N) is 1. The molecule has 1 fully saturated rings. The van der Waals surface area contributed by atoms with Crippen molar-refractivity contribution in [3.05, 3.63) is 0 Å². The van der Waals surface area contributed by atoms with Crippen molar-refractivity contribution < 1.29 is 0 Å². The molecule has 0 amide bonds. The topological polar surface area (TPSA) is 3.24 Å². The van der Waals surface area contributed by atoms with Gasteiger partial charge in [-0.15, -0.1) is 0 Å². The Morgan fingerprint density at radius 2 is 1.85 bits per heavy atom. The summed E-state index contributed by atoms with van der Waals surface area (Å²) in [5, 5.41) is 0. The average Bonchev–Trinajstić information content (AvgIpc) is 2.79. The summed E-state index contributed by atoms with van der Waals surface area (Å²) in [5.74, 6) is 1.00. The normalized spacial score (nSPS) is 20.8. The fourth-order valence-electron chi connectivity index (χ4n) is 2.03. The molecule has 1 aliphatic carbocycles. The molecule has 1 atom stereocenters. The van der Waals surface area contributed by atoms with Gasteiger partial charge in [-0.05, 0) is 37.6 Å². The second kappa shape index (κ2) is 4.00. The molecule has 0 aromatic rings. The fraction of sp³-hybridized carbons (Fsp3) is 1.00. The number of rotatable bonds is 4. The molecule has 1 nitrogen and oxygen atoms in total. The molecule has 0 unspecified atom stereocenters. The fourth-order valence-corrected chi connectivity index (χ4v) is 2.03. The third kappa shape index (κ3) is 3.68. The molecule has 0 radical (unpaired) electrons. The molecule has 1 saturated carbocycles. The first-order chi connectivity index (χ1) is 5.94. The maximum Gasteiger partial charge on any atom is 0.00953 e. The van der Waals surface area contributed by atoms with E-state index in [4.69, 9.17) is 0 Å². The average molecular weight is 183 g/mol. The molecule has 0 heterocycles. The summed E-state index contributed by atoms with van der Waals surface area (Å²) in [4.78, 5) is 2.64. The van der Waals surface area contributed by atoms with Crippen molar-refractivity contribution in [1.29, 1.82) is 0 Å². The van der Waals surface area contributed by atoms with Crippen molar-refractivity contribution >= 4 is 0 Å². The van der Waals surface area contributed by atoms with E-state index < -0.39 is 0 Å². The third-order valence-electron chi connectivity index (χ3n) is 2.96. The highest BCUT2D eigenvalue weighted by Crippen LogP contribution is 2.35. The second-order valence-corrected chi connectivity index (χ2v) is 5.70. The van der Waals surface area contributed by atoms with Crippen LogP contribution in [0.1, 0.15) is 47.5 Å². The molecular formula is C12H25N. The van der Waals surface area contributed by atoms with Gasteiger partial charge in [-0.2, -0.15) is 0 Å². The van der Waals surface area contributed by atoms with Gasteiger partial charge in [0.05, 0.1) is 0 Å². The highest BCUT2D eigenvalue weighted by molar-refractivity contribution is 4.86. The zero-order chi connectivity index (χ0) is 10.1. The molecule has 0 spiro atoms. The molecule has 1 aliphatic rings. The Morgan fingerprint density at radius 3 is 2.15 bits per heavy atom. The molecule has 0 saturated heterocycles. The lowest BCUT2D eigenvalue weighted by molar-refractivity contribution is 0.140. The first kappa shape index (κ1) is 11.0. The summed E-state index contributed by atoms with van der Waals surface area (Å²) in [6.07, 6.45) is 2.92. The first-order valence-electron chi connectivity index (χ1n) is 5.68. The van der Waals surface area contributed by atoms with E-state index >= 15 is 0 Å². The Kier molecular flexibility index (Phi) is 3.39. The Bertz CT molecular complexity index is 153. The quantitative estimate of drug-likeness (QED) is 0.647. The van der Waals surface area contributed by atoms with Crippen LogP contribution < -0.4 is 0 Å². The minimum atomic E-state index is 0.444. The van der Waals surface area contributed by atoms with E-state index in [1.165, 1.54) is 25.9 Å². The number of hydrogen-bond donors (Lipinski definition) is 0. The minimum Gasteiger partial charge on any atom is -0.300 e. The van der Waals surface area contributed by atoms with Gasteiger partial charge in [-0.25, -0.2) is 0 Å². The van der Waals surface area contributed by atoms with Crippen molar-refractivity contribution in [3.63, 3.8) is 0 Å². The van der Waals surface area contributed by atoms with Gasteiger partial charge in [0.25, 0.3) is 0 Å². The molecule has 0 bridgehead atoms. The van der Waals surface area contributed by atoms with Gasteiger partial charge in [-0.1, -0.05) is 27.7 Å². The van der Waals surface area contributed by atoms with E-state index in [9.17, 15) is 0 Å². The Balaban J connectivity index is 2.41. The van der Waals surface area contributed by atoms with Crippen LogP contribution in [0.25, 0.3) is 0 Å². The zero-order valence-electron chi connectivity index (χ0n) is 9.93. The maximum atomic E-state index is 2.64. The Morgan fingerprint density at radius 1 is 1.31 bits per heavy atom. The lowest BCUT2D eigenvalue weighted by Gasteiger charge is -2.33. The standard InChI is InChI=1S/C12H25N/c1-6-13(9-12(3,4)5)10(2)11-7-8-11/h10-11H,6-9H2,1-5H3/t10-/m1/s1. The van der Waals surface area contributed by atoms with Crippen LogP contribution in [0.4, 0.5) is 0 Å². The summed E-state index contributed by atoms with van der Waals surface area (Å²) in [6.45, 7) is 14.1. The molecule has 78 valence electrons. The van der Waals surface area contributed by atoms with Crippen molar-refractivity contribution in [2.45, 2.75) is 53.5 Å². The smallest absolute Gasteiger partial charge is 0.00953 e. The number of hydrogen-bond acceptors (Lipinski definition) is 1. The van der Waals surface area contributed by atoms with Gasteiger partial charge < -0.3 is 4.90 Å². The molecule has 0 aromatic carbocycles. The van der Waals surface area contributed by atoms with Crippen LogP contribution in [0.5, 0.6) is 0 Å². The lowest BCUT2D eigenvalue weighted by atomic mass is 9.95. The molecule has 0 aromatic heterocycles. The summed E-state index contributed by atoms with van der Waals surface area (Å²) in [7, 11) is 0. The third-order valence-corrected chi connectivity index (χ3v) is 2.96. The van der Waals surface area contributed by atoms with Crippen molar-refractivity contribution in [3.8, 4) is 0 Å². The van der Waals surface area contributed by atoms with E-state index in [2.05, 4.69) is 39.5 Å². The minimum absolute atomic E-state index is 0.444.